The van der Waals surface area contributed by atoms with E-state index in [9.17, 15) is 9.18 Å². The third-order valence-corrected chi connectivity index (χ3v) is 5.30. The van der Waals surface area contributed by atoms with E-state index >= 15 is 0 Å². The van der Waals surface area contributed by atoms with Crippen molar-refractivity contribution in [2.75, 3.05) is 12.4 Å². The second-order valence-corrected chi connectivity index (χ2v) is 7.17. The van der Waals surface area contributed by atoms with E-state index in [1.807, 2.05) is 0 Å². The Morgan fingerprint density at radius 3 is 2.56 bits per heavy atom. The second kappa shape index (κ2) is 8.09. The number of ether oxygens (including phenoxy) is 1. The van der Waals surface area contributed by atoms with Gasteiger partial charge in [0.15, 0.2) is 4.34 Å². The Balaban J connectivity index is 1.57. The lowest BCUT2D eigenvalue weighted by atomic mass is 10.2. The van der Waals surface area contributed by atoms with E-state index in [1.54, 1.807) is 43.5 Å². The SMILES string of the molecule is COc1ccc(C(=O)Nc2nnc(SCc3ccc(F)cc3)s2)cc1. The van der Waals surface area contributed by atoms with Crippen LogP contribution in [-0.4, -0.2) is 23.2 Å². The molecule has 0 radical (unpaired) electrons. The molecule has 0 bridgehead atoms. The smallest absolute Gasteiger partial charge is 0.257 e. The zero-order valence-electron chi connectivity index (χ0n) is 13.2. The van der Waals surface area contributed by atoms with Crippen LogP contribution in [0.3, 0.4) is 0 Å². The molecule has 0 spiro atoms. The van der Waals surface area contributed by atoms with E-state index in [0.29, 0.717) is 22.2 Å². The molecular formula is C17H14FN3O2S2. The number of carbonyl (C=O) groups is 1. The van der Waals surface area contributed by atoms with Crippen molar-refractivity contribution in [3.8, 4) is 5.75 Å². The van der Waals surface area contributed by atoms with Gasteiger partial charge in [-0.25, -0.2) is 4.39 Å². The van der Waals surface area contributed by atoms with Gasteiger partial charge in [-0.05, 0) is 42.0 Å². The van der Waals surface area contributed by atoms with Crippen molar-refractivity contribution in [1.29, 1.82) is 0 Å². The molecule has 1 aromatic heterocycles. The van der Waals surface area contributed by atoms with Gasteiger partial charge in [-0.1, -0.05) is 35.2 Å². The first kappa shape index (κ1) is 17.4. The van der Waals surface area contributed by atoms with Crippen molar-refractivity contribution in [3.63, 3.8) is 0 Å². The molecule has 0 atom stereocenters. The van der Waals surface area contributed by atoms with E-state index in [0.717, 1.165) is 9.90 Å². The van der Waals surface area contributed by atoms with Crippen LogP contribution in [0, 0.1) is 5.82 Å². The van der Waals surface area contributed by atoms with Crippen LogP contribution in [0.1, 0.15) is 15.9 Å². The lowest BCUT2D eigenvalue weighted by molar-refractivity contribution is 0.102. The minimum Gasteiger partial charge on any atom is -0.497 e. The molecule has 1 N–H and O–H groups in total. The van der Waals surface area contributed by atoms with Gasteiger partial charge in [0.1, 0.15) is 11.6 Å². The predicted octanol–water partition coefficient (Wildman–Crippen LogP) is 4.23. The fourth-order valence-electron chi connectivity index (χ4n) is 1.96. The number of rotatable bonds is 6. The lowest BCUT2D eigenvalue weighted by Gasteiger charge is -2.02. The monoisotopic (exact) mass is 375 g/mol. The number of halogens is 1. The summed E-state index contributed by atoms with van der Waals surface area (Å²) in [5.41, 5.74) is 1.50. The van der Waals surface area contributed by atoms with Crippen molar-refractivity contribution < 1.29 is 13.9 Å². The summed E-state index contributed by atoms with van der Waals surface area (Å²) in [7, 11) is 1.57. The van der Waals surface area contributed by atoms with E-state index in [1.165, 1.54) is 35.2 Å². The highest BCUT2D eigenvalue weighted by Gasteiger charge is 2.11. The standard InChI is InChI=1S/C17H14FN3O2S2/c1-23-14-8-4-12(5-9-14)15(22)19-16-20-21-17(25-16)24-10-11-2-6-13(18)7-3-11/h2-9H,10H2,1H3,(H,19,20,22). The van der Waals surface area contributed by atoms with E-state index in [-0.39, 0.29) is 11.7 Å². The summed E-state index contributed by atoms with van der Waals surface area (Å²) < 4.78 is 18.7. The third-order valence-electron chi connectivity index (χ3n) is 3.25. The Morgan fingerprint density at radius 2 is 1.88 bits per heavy atom. The molecule has 0 aliphatic carbocycles. The molecule has 25 heavy (non-hydrogen) atoms. The van der Waals surface area contributed by atoms with Gasteiger partial charge < -0.3 is 4.74 Å². The molecule has 1 heterocycles. The van der Waals surface area contributed by atoms with Gasteiger partial charge >= 0.3 is 0 Å². The number of thioether (sulfide) groups is 1. The quantitative estimate of drug-likeness (QED) is 0.516. The van der Waals surface area contributed by atoms with Crippen LogP contribution < -0.4 is 10.1 Å². The van der Waals surface area contributed by atoms with E-state index < -0.39 is 0 Å². The normalized spacial score (nSPS) is 10.5. The maximum atomic E-state index is 12.9. The number of nitrogens with zero attached hydrogens (tertiary/aromatic N) is 2. The van der Waals surface area contributed by atoms with Crippen LogP contribution in [0.25, 0.3) is 0 Å². The van der Waals surface area contributed by atoms with E-state index in [2.05, 4.69) is 15.5 Å². The van der Waals surface area contributed by atoms with Gasteiger partial charge in [-0.2, -0.15) is 0 Å². The van der Waals surface area contributed by atoms with Gasteiger partial charge in [0, 0.05) is 11.3 Å². The number of anilines is 1. The summed E-state index contributed by atoms with van der Waals surface area (Å²) >= 11 is 2.78. The number of carbonyl (C=O) groups excluding carboxylic acids is 1. The lowest BCUT2D eigenvalue weighted by Crippen LogP contribution is -2.11. The summed E-state index contributed by atoms with van der Waals surface area (Å²) in [5.74, 6) is 0.829. The summed E-state index contributed by atoms with van der Waals surface area (Å²) in [5, 5.41) is 11.2. The van der Waals surface area contributed by atoms with Crippen LogP contribution in [-0.2, 0) is 5.75 Å². The molecule has 3 rings (SSSR count). The minimum absolute atomic E-state index is 0.256. The Morgan fingerprint density at radius 1 is 1.16 bits per heavy atom. The molecule has 0 aliphatic rings. The molecule has 0 fully saturated rings. The number of hydrogen-bond acceptors (Lipinski definition) is 6. The van der Waals surface area contributed by atoms with Gasteiger partial charge in [-0.15, -0.1) is 10.2 Å². The molecule has 1 amide bonds. The number of methoxy groups -OCH3 is 1. The summed E-state index contributed by atoms with van der Waals surface area (Å²) in [6, 6.07) is 13.1. The molecule has 0 aliphatic heterocycles. The molecule has 0 unspecified atom stereocenters. The van der Waals surface area contributed by atoms with Crippen molar-refractivity contribution >= 4 is 34.1 Å². The molecule has 5 nitrogen and oxygen atoms in total. The zero-order chi connectivity index (χ0) is 17.6. The fraction of sp³-hybridized carbons (Fsp3) is 0.118. The Hall–Kier alpha value is -2.45. The summed E-state index contributed by atoms with van der Waals surface area (Å²) in [4.78, 5) is 12.2. The number of aromatic nitrogens is 2. The molecule has 8 heteroatoms. The Bertz CT molecular complexity index is 851. The van der Waals surface area contributed by atoms with Crippen molar-refractivity contribution in [3.05, 3.63) is 65.5 Å². The number of amides is 1. The summed E-state index contributed by atoms with van der Waals surface area (Å²) in [6.45, 7) is 0. The van der Waals surface area contributed by atoms with Crippen LogP contribution in [0.2, 0.25) is 0 Å². The second-order valence-electron chi connectivity index (χ2n) is 4.97. The molecule has 3 aromatic rings. The van der Waals surface area contributed by atoms with Crippen LogP contribution in [0.15, 0.2) is 52.9 Å². The van der Waals surface area contributed by atoms with Crippen LogP contribution >= 0.6 is 23.1 Å². The topological polar surface area (TPSA) is 64.1 Å². The first-order valence-corrected chi connectivity index (χ1v) is 9.10. The largest absolute Gasteiger partial charge is 0.497 e. The van der Waals surface area contributed by atoms with Gasteiger partial charge in [0.2, 0.25) is 5.13 Å². The average molecular weight is 375 g/mol. The first-order chi connectivity index (χ1) is 12.1. The molecule has 128 valence electrons. The first-order valence-electron chi connectivity index (χ1n) is 7.30. The van der Waals surface area contributed by atoms with Gasteiger partial charge in [-0.3, -0.25) is 10.1 Å². The molecular weight excluding hydrogens is 361 g/mol. The zero-order valence-corrected chi connectivity index (χ0v) is 14.9. The van der Waals surface area contributed by atoms with E-state index in [4.69, 9.17) is 4.74 Å². The summed E-state index contributed by atoms with van der Waals surface area (Å²) in [6.07, 6.45) is 0. The third kappa shape index (κ3) is 4.77. The highest BCUT2D eigenvalue weighted by molar-refractivity contribution is 8.00. The van der Waals surface area contributed by atoms with Gasteiger partial charge in [0.05, 0.1) is 7.11 Å². The molecule has 2 aromatic carbocycles. The highest BCUT2D eigenvalue weighted by Crippen LogP contribution is 2.28. The van der Waals surface area contributed by atoms with Crippen molar-refractivity contribution in [1.82, 2.24) is 10.2 Å². The number of benzene rings is 2. The fourth-order valence-corrected chi connectivity index (χ4v) is 3.66. The maximum Gasteiger partial charge on any atom is 0.257 e. The Labute approximate surface area is 152 Å². The molecule has 0 saturated carbocycles. The minimum atomic E-state index is -0.256. The number of hydrogen-bond donors (Lipinski definition) is 1. The average Bonchev–Trinajstić information content (AvgIpc) is 3.08. The maximum absolute atomic E-state index is 12.9. The predicted molar refractivity (Wildman–Crippen MR) is 96.8 cm³/mol. The highest BCUT2D eigenvalue weighted by atomic mass is 32.2. The Kier molecular flexibility index (Phi) is 5.62. The van der Waals surface area contributed by atoms with Crippen molar-refractivity contribution in [2.24, 2.45) is 0 Å². The van der Waals surface area contributed by atoms with Crippen molar-refractivity contribution in [2.45, 2.75) is 10.1 Å². The van der Waals surface area contributed by atoms with Crippen LogP contribution in [0.5, 0.6) is 5.75 Å². The molecule has 0 saturated heterocycles. The number of nitrogens with one attached hydrogen (secondary N) is 1. The van der Waals surface area contributed by atoms with Gasteiger partial charge in [0.25, 0.3) is 5.91 Å². The van der Waals surface area contributed by atoms with Crippen LogP contribution in [0.4, 0.5) is 9.52 Å².